The van der Waals surface area contributed by atoms with Crippen LogP contribution in [0.2, 0.25) is 0 Å². The lowest BCUT2D eigenvalue weighted by Crippen LogP contribution is -2.34. The van der Waals surface area contributed by atoms with Crippen molar-refractivity contribution >= 4 is 23.8 Å². The van der Waals surface area contributed by atoms with Crippen LogP contribution in [0.25, 0.3) is 0 Å². The van der Waals surface area contributed by atoms with E-state index in [1.807, 2.05) is 0 Å². The van der Waals surface area contributed by atoms with Crippen molar-refractivity contribution in [3.05, 3.63) is 0 Å². The molecule has 0 heterocycles. The Morgan fingerprint density at radius 1 is 1.00 bits per heavy atom. The first-order chi connectivity index (χ1) is 10.6. The summed E-state index contributed by atoms with van der Waals surface area (Å²) in [6.45, 7) is 5.82. The van der Waals surface area contributed by atoms with Crippen molar-refractivity contribution < 1.29 is 38.5 Å². The lowest BCUT2D eigenvalue weighted by atomic mass is 10.2. The predicted molar refractivity (Wildman–Crippen MR) is 77.9 cm³/mol. The van der Waals surface area contributed by atoms with Crippen molar-refractivity contribution in [3.8, 4) is 0 Å². The molecule has 0 bridgehead atoms. The molecule has 1 amide bonds. The number of carbonyl (C=O) groups is 4. The minimum Gasteiger partial charge on any atom is -0.476 e. The van der Waals surface area contributed by atoms with Gasteiger partial charge in [-0.1, -0.05) is 0 Å². The lowest BCUT2D eigenvalue weighted by Gasteiger charge is -2.19. The van der Waals surface area contributed by atoms with E-state index in [0.29, 0.717) is 0 Å². The average Bonchev–Trinajstić information content (AvgIpc) is 2.41. The van der Waals surface area contributed by atoms with Gasteiger partial charge in [-0.15, -0.1) is 0 Å². The summed E-state index contributed by atoms with van der Waals surface area (Å²) in [5.41, 5.74) is -0.568. The Kier molecular flexibility index (Phi) is 9.56. The van der Waals surface area contributed by atoms with Gasteiger partial charge in [0.15, 0.2) is 0 Å². The molecule has 0 aromatic carbocycles. The van der Waals surface area contributed by atoms with Crippen LogP contribution in [0.5, 0.6) is 0 Å². The maximum absolute atomic E-state index is 11.3. The van der Waals surface area contributed by atoms with E-state index >= 15 is 0 Å². The summed E-state index contributed by atoms with van der Waals surface area (Å²) in [6, 6.07) is 0. The Bertz CT molecular complexity index is 427. The minimum absolute atomic E-state index is 0.0213. The van der Waals surface area contributed by atoms with Crippen molar-refractivity contribution in [2.75, 3.05) is 26.4 Å². The van der Waals surface area contributed by atoms with Crippen molar-refractivity contribution in [1.82, 2.24) is 5.32 Å². The Morgan fingerprint density at radius 3 is 2.22 bits per heavy atom. The number of ketones is 1. The molecule has 0 rings (SSSR count). The molecule has 0 radical (unpaired) electrons. The number of carboxylic acid groups (broad SMARTS) is 1. The van der Waals surface area contributed by atoms with Gasteiger partial charge in [-0.25, -0.2) is 9.59 Å². The van der Waals surface area contributed by atoms with Gasteiger partial charge in [0, 0.05) is 13.0 Å². The zero-order valence-electron chi connectivity index (χ0n) is 13.5. The summed E-state index contributed by atoms with van der Waals surface area (Å²) >= 11 is 0. The van der Waals surface area contributed by atoms with Gasteiger partial charge < -0.3 is 24.6 Å². The van der Waals surface area contributed by atoms with Gasteiger partial charge >= 0.3 is 18.0 Å². The predicted octanol–water partition coefficient (Wildman–Crippen LogP) is 0.505. The summed E-state index contributed by atoms with van der Waals surface area (Å²) in [4.78, 5) is 43.5. The fourth-order valence-corrected chi connectivity index (χ4v) is 1.25. The molecule has 0 aromatic heterocycles. The molecule has 0 atom stereocenters. The number of carbonyl (C=O) groups excluding carboxylic acids is 3. The van der Waals surface area contributed by atoms with E-state index < -0.39 is 35.8 Å². The largest absolute Gasteiger partial charge is 0.476 e. The van der Waals surface area contributed by atoms with Crippen LogP contribution in [0.3, 0.4) is 0 Å². The molecular weight excluding hydrogens is 310 g/mol. The maximum Gasteiger partial charge on any atom is 0.407 e. The standard InChI is InChI=1S/C14H23NO8/c1-14(2,3)23-13(20)15-6-7-21-8-9-22-11(17)5-4-10(16)12(18)19/h4-9H2,1-3H3,(H,15,20)(H,18,19). The summed E-state index contributed by atoms with van der Waals surface area (Å²) in [5.74, 6) is -3.28. The Hall–Kier alpha value is -2.16. The summed E-state index contributed by atoms with van der Waals surface area (Å²) in [5, 5.41) is 10.8. The first kappa shape index (κ1) is 20.8. The van der Waals surface area contributed by atoms with Crippen molar-refractivity contribution in [3.63, 3.8) is 0 Å². The summed E-state index contributed by atoms with van der Waals surface area (Å²) in [6.07, 6.45) is -1.23. The van der Waals surface area contributed by atoms with Gasteiger partial charge in [0.25, 0.3) is 0 Å². The Balaban J connectivity index is 3.52. The molecule has 9 nitrogen and oxygen atoms in total. The zero-order valence-corrected chi connectivity index (χ0v) is 13.5. The molecule has 0 fully saturated rings. The number of ether oxygens (including phenoxy) is 3. The van der Waals surface area contributed by atoms with Crippen molar-refractivity contribution in [2.24, 2.45) is 0 Å². The number of aliphatic carboxylic acids is 1. The molecule has 23 heavy (non-hydrogen) atoms. The summed E-state index contributed by atoms with van der Waals surface area (Å²) in [7, 11) is 0. The smallest absolute Gasteiger partial charge is 0.407 e. The van der Waals surface area contributed by atoms with E-state index in [9.17, 15) is 19.2 Å². The molecule has 0 saturated carbocycles. The van der Waals surface area contributed by atoms with Gasteiger partial charge in [-0.05, 0) is 20.8 Å². The van der Waals surface area contributed by atoms with E-state index in [2.05, 4.69) is 5.32 Å². The number of esters is 1. The first-order valence-electron chi connectivity index (χ1n) is 7.08. The topological polar surface area (TPSA) is 128 Å². The third-order valence-corrected chi connectivity index (χ3v) is 2.20. The number of alkyl carbamates (subject to hydrolysis) is 1. The van der Waals surface area contributed by atoms with Crippen molar-refractivity contribution in [1.29, 1.82) is 0 Å². The normalized spacial score (nSPS) is 10.7. The molecule has 132 valence electrons. The van der Waals surface area contributed by atoms with Crippen LogP contribution in [-0.2, 0) is 28.6 Å². The third-order valence-electron chi connectivity index (χ3n) is 2.20. The minimum atomic E-state index is -1.57. The molecule has 0 spiro atoms. The number of hydrogen-bond acceptors (Lipinski definition) is 7. The van der Waals surface area contributed by atoms with E-state index in [1.165, 1.54) is 0 Å². The molecule has 0 aromatic rings. The number of carboxylic acids is 1. The fourth-order valence-electron chi connectivity index (χ4n) is 1.25. The number of Topliss-reactive ketones (excluding diaryl/α,β-unsaturated/α-hetero) is 1. The highest BCUT2D eigenvalue weighted by atomic mass is 16.6. The van der Waals surface area contributed by atoms with E-state index in [0.717, 1.165) is 0 Å². The second kappa shape index (κ2) is 10.5. The Morgan fingerprint density at radius 2 is 1.65 bits per heavy atom. The zero-order chi connectivity index (χ0) is 17.9. The molecule has 0 unspecified atom stereocenters. The van der Waals surface area contributed by atoms with Crippen LogP contribution < -0.4 is 5.32 Å². The average molecular weight is 333 g/mol. The van der Waals surface area contributed by atoms with E-state index in [4.69, 9.17) is 19.3 Å². The number of hydrogen-bond donors (Lipinski definition) is 2. The highest BCUT2D eigenvalue weighted by Crippen LogP contribution is 2.06. The number of nitrogens with one attached hydrogen (secondary N) is 1. The molecule has 0 aliphatic carbocycles. The highest BCUT2D eigenvalue weighted by molar-refractivity contribution is 6.32. The van der Waals surface area contributed by atoms with Crippen LogP contribution in [0, 0.1) is 0 Å². The van der Waals surface area contributed by atoms with Crippen LogP contribution in [0.1, 0.15) is 33.6 Å². The quantitative estimate of drug-likeness (QED) is 0.336. The number of rotatable bonds is 10. The first-order valence-corrected chi connectivity index (χ1v) is 7.08. The third kappa shape index (κ3) is 13.2. The second-order valence-electron chi connectivity index (χ2n) is 5.49. The van der Waals surface area contributed by atoms with Gasteiger partial charge in [0.2, 0.25) is 5.78 Å². The lowest BCUT2D eigenvalue weighted by molar-refractivity contribution is -0.151. The maximum atomic E-state index is 11.3. The van der Waals surface area contributed by atoms with Crippen LogP contribution >= 0.6 is 0 Å². The van der Waals surface area contributed by atoms with Gasteiger partial charge in [0.05, 0.1) is 19.6 Å². The molecule has 2 N–H and O–H groups in total. The second-order valence-corrected chi connectivity index (χ2v) is 5.49. The highest BCUT2D eigenvalue weighted by Gasteiger charge is 2.15. The Labute approximate surface area is 134 Å². The van der Waals surface area contributed by atoms with E-state index in [-0.39, 0.29) is 32.8 Å². The van der Waals surface area contributed by atoms with Crippen LogP contribution in [-0.4, -0.2) is 60.9 Å². The molecule has 9 heteroatoms. The monoisotopic (exact) mass is 333 g/mol. The van der Waals surface area contributed by atoms with Gasteiger partial charge in [-0.3, -0.25) is 9.59 Å². The fraction of sp³-hybridized carbons (Fsp3) is 0.714. The molecule has 0 aliphatic heterocycles. The van der Waals surface area contributed by atoms with Crippen molar-refractivity contribution in [2.45, 2.75) is 39.2 Å². The van der Waals surface area contributed by atoms with Gasteiger partial charge in [-0.2, -0.15) is 0 Å². The SMILES string of the molecule is CC(C)(C)OC(=O)NCCOCCOC(=O)CCC(=O)C(=O)O. The summed E-state index contributed by atoms with van der Waals surface area (Å²) < 4.78 is 14.9. The number of amides is 1. The molecule has 0 saturated heterocycles. The van der Waals surface area contributed by atoms with E-state index in [1.54, 1.807) is 20.8 Å². The molecular formula is C14H23NO8. The van der Waals surface area contributed by atoms with Crippen LogP contribution in [0.4, 0.5) is 4.79 Å². The van der Waals surface area contributed by atoms with Gasteiger partial charge in [0.1, 0.15) is 12.2 Å². The van der Waals surface area contributed by atoms with Crippen LogP contribution in [0.15, 0.2) is 0 Å². The molecule has 0 aliphatic rings.